The zero-order chi connectivity index (χ0) is 12.8. The molecule has 2 unspecified atom stereocenters. The number of thiocarbonyl (C=S) groups is 1. The van der Waals surface area contributed by atoms with Gasteiger partial charge in [-0.25, -0.2) is 0 Å². The van der Waals surface area contributed by atoms with Gasteiger partial charge in [0.15, 0.2) is 5.11 Å². The molecule has 1 aliphatic carbocycles. The van der Waals surface area contributed by atoms with E-state index in [0.717, 1.165) is 16.7 Å². The molecule has 0 amide bonds. The molecule has 2 nitrogen and oxygen atoms in total. The van der Waals surface area contributed by atoms with Crippen molar-refractivity contribution in [3.05, 3.63) is 30.3 Å². The highest BCUT2D eigenvalue weighted by Gasteiger charge is 2.20. The van der Waals surface area contributed by atoms with E-state index in [9.17, 15) is 0 Å². The third-order valence-electron chi connectivity index (χ3n) is 3.73. The Morgan fingerprint density at radius 2 is 2.06 bits per heavy atom. The van der Waals surface area contributed by atoms with Gasteiger partial charge in [0.2, 0.25) is 0 Å². The summed E-state index contributed by atoms with van der Waals surface area (Å²) in [5.74, 6) is 0.871. The van der Waals surface area contributed by atoms with Crippen LogP contribution in [-0.2, 0) is 0 Å². The lowest BCUT2D eigenvalue weighted by molar-refractivity contribution is 0.300. The topological polar surface area (TPSA) is 24.1 Å². The summed E-state index contributed by atoms with van der Waals surface area (Å²) in [7, 11) is 0. The molecule has 1 saturated carbocycles. The van der Waals surface area contributed by atoms with Gasteiger partial charge in [-0.1, -0.05) is 44.4 Å². The number of benzene rings is 1. The molecule has 18 heavy (non-hydrogen) atoms. The van der Waals surface area contributed by atoms with Crippen LogP contribution < -0.4 is 10.6 Å². The Labute approximate surface area is 115 Å². The van der Waals surface area contributed by atoms with Crippen molar-refractivity contribution >= 4 is 23.0 Å². The normalized spacial score (nSPS) is 23.4. The molecule has 0 heterocycles. The van der Waals surface area contributed by atoms with E-state index in [2.05, 4.69) is 17.6 Å². The predicted octanol–water partition coefficient (Wildman–Crippen LogP) is 3.94. The Balaban J connectivity index is 1.80. The first-order valence-electron chi connectivity index (χ1n) is 6.90. The fourth-order valence-electron chi connectivity index (χ4n) is 2.67. The summed E-state index contributed by atoms with van der Waals surface area (Å²) < 4.78 is 0. The van der Waals surface area contributed by atoms with Gasteiger partial charge < -0.3 is 10.6 Å². The van der Waals surface area contributed by atoms with Crippen LogP contribution in [0.3, 0.4) is 0 Å². The highest BCUT2D eigenvalue weighted by atomic mass is 32.1. The molecule has 0 saturated heterocycles. The first-order chi connectivity index (χ1) is 8.78. The predicted molar refractivity (Wildman–Crippen MR) is 81.8 cm³/mol. The van der Waals surface area contributed by atoms with Crippen molar-refractivity contribution in [1.82, 2.24) is 5.32 Å². The summed E-state index contributed by atoms with van der Waals surface area (Å²) in [6.07, 6.45) is 6.49. The average Bonchev–Trinajstić information content (AvgIpc) is 2.40. The Morgan fingerprint density at radius 1 is 1.28 bits per heavy atom. The van der Waals surface area contributed by atoms with Gasteiger partial charge in [-0.05, 0) is 43.1 Å². The number of hydrogen-bond donors (Lipinski definition) is 2. The molecule has 0 aromatic heterocycles. The maximum Gasteiger partial charge on any atom is 0.170 e. The third-order valence-corrected chi connectivity index (χ3v) is 3.95. The molecule has 0 aliphatic heterocycles. The molecule has 1 aliphatic rings. The van der Waals surface area contributed by atoms with Crippen LogP contribution in [0.25, 0.3) is 0 Å². The van der Waals surface area contributed by atoms with Crippen molar-refractivity contribution < 1.29 is 0 Å². The molecule has 1 aromatic carbocycles. The number of hydrogen-bond acceptors (Lipinski definition) is 1. The van der Waals surface area contributed by atoms with Crippen molar-refractivity contribution in [1.29, 1.82) is 0 Å². The Hall–Kier alpha value is -1.09. The van der Waals surface area contributed by atoms with Gasteiger partial charge in [-0.15, -0.1) is 0 Å². The van der Waals surface area contributed by atoms with Gasteiger partial charge in [0.05, 0.1) is 0 Å². The van der Waals surface area contributed by atoms with E-state index in [-0.39, 0.29) is 0 Å². The van der Waals surface area contributed by atoms with Crippen molar-refractivity contribution in [2.75, 3.05) is 5.32 Å². The van der Waals surface area contributed by atoms with Crippen LogP contribution in [-0.4, -0.2) is 11.2 Å². The van der Waals surface area contributed by atoms with Crippen LogP contribution in [0.2, 0.25) is 0 Å². The minimum atomic E-state index is 0.549. The van der Waals surface area contributed by atoms with E-state index in [0.29, 0.717) is 6.04 Å². The fraction of sp³-hybridized carbons (Fsp3) is 0.533. The average molecular weight is 262 g/mol. The first-order valence-corrected chi connectivity index (χ1v) is 7.31. The lowest BCUT2D eigenvalue weighted by atomic mass is 9.84. The summed E-state index contributed by atoms with van der Waals surface area (Å²) in [5, 5.41) is 7.45. The van der Waals surface area contributed by atoms with Gasteiger partial charge in [0, 0.05) is 11.7 Å². The van der Waals surface area contributed by atoms with Crippen molar-refractivity contribution in [2.45, 2.75) is 45.1 Å². The van der Waals surface area contributed by atoms with Gasteiger partial charge in [0.1, 0.15) is 0 Å². The second-order valence-electron chi connectivity index (χ2n) is 5.10. The standard InChI is InChI=1S/C15H22N2S/c1-2-12-7-6-10-14(11-12)17-15(18)16-13-8-4-3-5-9-13/h3-5,8-9,12,14H,2,6-7,10-11H2,1H3,(H2,16,17,18). The van der Waals surface area contributed by atoms with Crippen LogP contribution >= 0.6 is 12.2 Å². The molecular weight excluding hydrogens is 240 g/mol. The SMILES string of the molecule is CCC1CCCC(NC(=S)Nc2ccccc2)C1. The summed E-state index contributed by atoms with van der Waals surface area (Å²) >= 11 is 5.37. The quantitative estimate of drug-likeness (QED) is 0.807. The zero-order valence-electron chi connectivity index (χ0n) is 11.0. The third kappa shape index (κ3) is 3.98. The molecule has 0 spiro atoms. The maximum absolute atomic E-state index is 5.37. The van der Waals surface area contributed by atoms with E-state index >= 15 is 0 Å². The van der Waals surface area contributed by atoms with Gasteiger partial charge in [-0.3, -0.25) is 0 Å². The molecule has 98 valence electrons. The number of rotatable bonds is 3. The lowest BCUT2D eigenvalue weighted by Gasteiger charge is -2.30. The summed E-state index contributed by atoms with van der Waals surface area (Å²) in [5.41, 5.74) is 1.05. The minimum absolute atomic E-state index is 0.549. The highest BCUT2D eigenvalue weighted by Crippen LogP contribution is 2.26. The molecule has 2 atom stereocenters. The van der Waals surface area contributed by atoms with Crippen molar-refractivity contribution in [2.24, 2.45) is 5.92 Å². The van der Waals surface area contributed by atoms with Crippen molar-refractivity contribution in [3.63, 3.8) is 0 Å². The second kappa shape index (κ2) is 6.74. The highest BCUT2D eigenvalue weighted by molar-refractivity contribution is 7.80. The van der Waals surface area contributed by atoms with Crippen LogP contribution in [0.15, 0.2) is 30.3 Å². The first kappa shape index (κ1) is 13.3. The monoisotopic (exact) mass is 262 g/mol. The van der Waals surface area contributed by atoms with E-state index in [1.54, 1.807) is 0 Å². The number of anilines is 1. The molecule has 0 bridgehead atoms. The van der Waals surface area contributed by atoms with Crippen LogP contribution in [0.1, 0.15) is 39.0 Å². The molecule has 0 radical (unpaired) electrons. The summed E-state index contributed by atoms with van der Waals surface area (Å²) in [6.45, 7) is 2.29. The molecule has 2 rings (SSSR count). The minimum Gasteiger partial charge on any atom is -0.360 e. The van der Waals surface area contributed by atoms with Crippen LogP contribution in [0.4, 0.5) is 5.69 Å². The smallest absolute Gasteiger partial charge is 0.170 e. The second-order valence-corrected chi connectivity index (χ2v) is 5.51. The lowest BCUT2D eigenvalue weighted by Crippen LogP contribution is -2.40. The Kier molecular flexibility index (Phi) is 5.00. The van der Waals surface area contributed by atoms with Gasteiger partial charge in [-0.2, -0.15) is 0 Å². The molecule has 3 heteroatoms. The maximum atomic E-state index is 5.37. The van der Waals surface area contributed by atoms with E-state index < -0.39 is 0 Å². The van der Waals surface area contributed by atoms with Crippen LogP contribution in [0, 0.1) is 5.92 Å². The summed E-state index contributed by atoms with van der Waals surface area (Å²) in [6, 6.07) is 10.6. The van der Waals surface area contributed by atoms with Crippen molar-refractivity contribution in [3.8, 4) is 0 Å². The molecule has 2 N–H and O–H groups in total. The van der Waals surface area contributed by atoms with Gasteiger partial charge >= 0.3 is 0 Å². The van der Waals surface area contributed by atoms with E-state index in [4.69, 9.17) is 12.2 Å². The largest absolute Gasteiger partial charge is 0.360 e. The number of para-hydroxylation sites is 1. The zero-order valence-corrected chi connectivity index (χ0v) is 11.8. The van der Waals surface area contributed by atoms with Crippen LogP contribution in [0.5, 0.6) is 0 Å². The van der Waals surface area contributed by atoms with E-state index in [1.165, 1.54) is 32.1 Å². The Bertz CT molecular complexity index is 377. The fourth-order valence-corrected chi connectivity index (χ4v) is 2.95. The molecule has 1 aromatic rings. The number of nitrogens with one attached hydrogen (secondary N) is 2. The molecule has 1 fully saturated rings. The molecular formula is C15H22N2S. The van der Waals surface area contributed by atoms with E-state index in [1.807, 2.05) is 30.3 Å². The van der Waals surface area contributed by atoms with Gasteiger partial charge in [0.25, 0.3) is 0 Å². The Morgan fingerprint density at radius 3 is 2.78 bits per heavy atom. The summed E-state index contributed by atoms with van der Waals surface area (Å²) in [4.78, 5) is 0.